The lowest BCUT2D eigenvalue weighted by Gasteiger charge is -2.26. The zero-order valence-electron chi connectivity index (χ0n) is 14.8. The van der Waals surface area contributed by atoms with Crippen LogP contribution in [0.3, 0.4) is 0 Å². The molecule has 0 unspecified atom stereocenters. The Bertz CT molecular complexity index is 973. The van der Waals surface area contributed by atoms with Gasteiger partial charge in [0.15, 0.2) is 0 Å². The lowest BCUT2D eigenvalue weighted by molar-refractivity contribution is 0.102. The first-order valence-electron chi connectivity index (χ1n) is 8.66. The SMILES string of the molecule is Cc1ccc(S(=O)(=O)N2CCCCC2)cc1C(=O)Nc1ccc(Br)cc1Cl. The summed E-state index contributed by atoms with van der Waals surface area (Å²) in [5.41, 5.74) is 1.47. The minimum Gasteiger partial charge on any atom is -0.321 e. The standard InChI is InChI=1S/C19H20BrClN2O3S/c1-13-5-7-15(27(25,26)23-9-3-2-4-10-23)12-16(13)19(24)22-18-8-6-14(20)11-17(18)21/h5-8,11-12H,2-4,9-10H2,1H3,(H,22,24). The molecule has 27 heavy (non-hydrogen) atoms. The molecule has 0 aliphatic carbocycles. The second-order valence-corrected chi connectivity index (χ2v) is 9.78. The highest BCUT2D eigenvalue weighted by Gasteiger charge is 2.27. The number of nitrogens with one attached hydrogen (secondary N) is 1. The topological polar surface area (TPSA) is 66.5 Å². The molecule has 3 rings (SSSR count). The van der Waals surface area contributed by atoms with Crippen LogP contribution in [-0.2, 0) is 10.0 Å². The van der Waals surface area contributed by atoms with E-state index >= 15 is 0 Å². The summed E-state index contributed by atoms with van der Waals surface area (Å²) in [6.45, 7) is 2.81. The maximum absolute atomic E-state index is 12.9. The maximum Gasteiger partial charge on any atom is 0.256 e. The predicted octanol–water partition coefficient (Wildman–Crippen LogP) is 4.84. The summed E-state index contributed by atoms with van der Waals surface area (Å²) in [5, 5.41) is 3.15. The van der Waals surface area contributed by atoms with E-state index in [2.05, 4.69) is 21.2 Å². The van der Waals surface area contributed by atoms with Crippen molar-refractivity contribution in [1.29, 1.82) is 0 Å². The van der Waals surface area contributed by atoms with Crippen molar-refractivity contribution in [3.05, 3.63) is 57.0 Å². The Balaban J connectivity index is 1.89. The minimum atomic E-state index is -3.60. The van der Waals surface area contributed by atoms with Crippen LogP contribution in [0.2, 0.25) is 5.02 Å². The van der Waals surface area contributed by atoms with Crippen LogP contribution >= 0.6 is 27.5 Å². The van der Waals surface area contributed by atoms with E-state index in [4.69, 9.17) is 11.6 Å². The van der Waals surface area contributed by atoms with Crippen molar-refractivity contribution in [2.45, 2.75) is 31.1 Å². The zero-order valence-corrected chi connectivity index (χ0v) is 18.0. The second kappa shape index (κ2) is 8.31. The number of carbonyl (C=O) groups is 1. The van der Waals surface area contributed by atoms with E-state index in [0.29, 0.717) is 34.9 Å². The molecular weight excluding hydrogens is 452 g/mol. The molecule has 1 saturated heterocycles. The summed E-state index contributed by atoms with van der Waals surface area (Å²) >= 11 is 9.48. The van der Waals surface area contributed by atoms with E-state index < -0.39 is 15.9 Å². The number of rotatable bonds is 4. The van der Waals surface area contributed by atoms with Gasteiger partial charge >= 0.3 is 0 Å². The van der Waals surface area contributed by atoms with E-state index in [0.717, 1.165) is 23.7 Å². The van der Waals surface area contributed by atoms with Crippen molar-refractivity contribution >= 4 is 49.1 Å². The number of aryl methyl sites for hydroxylation is 1. The van der Waals surface area contributed by atoms with Crippen molar-refractivity contribution in [3.63, 3.8) is 0 Å². The smallest absolute Gasteiger partial charge is 0.256 e. The van der Waals surface area contributed by atoms with Gasteiger partial charge in [-0.25, -0.2) is 8.42 Å². The number of hydrogen-bond donors (Lipinski definition) is 1. The summed E-state index contributed by atoms with van der Waals surface area (Å²) in [6, 6.07) is 9.81. The van der Waals surface area contributed by atoms with Crippen LogP contribution in [-0.4, -0.2) is 31.7 Å². The van der Waals surface area contributed by atoms with Gasteiger partial charge in [-0.2, -0.15) is 4.31 Å². The number of piperidine rings is 1. The normalized spacial score (nSPS) is 15.5. The van der Waals surface area contributed by atoms with Gasteiger partial charge in [0, 0.05) is 23.1 Å². The van der Waals surface area contributed by atoms with Crippen LogP contribution < -0.4 is 5.32 Å². The first-order chi connectivity index (χ1) is 12.8. The molecule has 0 aromatic heterocycles. The molecule has 0 spiro atoms. The van der Waals surface area contributed by atoms with Crippen LogP contribution in [0.15, 0.2) is 45.8 Å². The number of hydrogen-bond acceptors (Lipinski definition) is 3. The summed E-state index contributed by atoms with van der Waals surface area (Å²) in [7, 11) is -3.60. The van der Waals surface area contributed by atoms with Crippen LogP contribution in [0.5, 0.6) is 0 Å². The Morgan fingerprint density at radius 1 is 1.11 bits per heavy atom. The van der Waals surface area contributed by atoms with E-state index in [1.807, 2.05) is 0 Å². The number of anilines is 1. The number of carbonyl (C=O) groups excluding carboxylic acids is 1. The summed E-state index contributed by atoms with van der Waals surface area (Å²) in [6.07, 6.45) is 2.77. The number of nitrogens with zero attached hydrogens (tertiary/aromatic N) is 1. The fourth-order valence-electron chi connectivity index (χ4n) is 3.04. The minimum absolute atomic E-state index is 0.141. The summed E-state index contributed by atoms with van der Waals surface area (Å²) in [4.78, 5) is 12.9. The van der Waals surface area contributed by atoms with Gasteiger partial charge in [0.2, 0.25) is 10.0 Å². The Hall–Kier alpha value is -1.41. The Kier molecular flexibility index (Phi) is 6.25. The van der Waals surface area contributed by atoms with Gasteiger partial charge in [0.1, 0.15) is 0 Å². The summed E-state index contributed by atoms with van der Waals surface area (Å²) in [5.74, 6) is -0.396. The van der Waals surface area contributed by atoms with Crippen LogP contribution in [0, 0.1) is 6.92 Å². The van der Waals surface area contributed by atoms with Gasteiger partial charge in [-0.15, -0.1) is 0 Å². The monoisotopic (exact) mass is 470 g/mol. The molecule has 0 saturated carbocycles. The lowest BCUT2D eigenvalue weighted by Crippen LogP contribution is -2.35. The molecule has 0 radical (unpaired) electrons. The highest BCUT2D eigenvalue weighted by molar-refractivity contribution is 9.10. The van der Waals surface area contributed by atoms with Crippen LogP contribution in [0.4, 0.5) is 5.69 Å². The van der Waals surface area contributed by atoms with Crippen molar-refractivity contribution in [1.82, 2.24) is 4.31 Å². The zero-order chi connectivity index (χ0) is 19.6. The highest BCUT2D eigenvalue weighted by atomic mass is 79.9. The molecule has 0 bridgehead atoms. The van der Waals surface area contributed by atoms with E-state index in [-0.39, 0.29) is 4.90 Å². The molecule has 2 aromatic rings. The molecule has 1 fully saturated rings. The fourth-order valence-corrected chi connectivity index (χ4v) is 5.31. The lowest BCUT2D eigenvalue weighted by atomic mass is 10.1. The first-order valence-corrected chi connectivity index (χ1v) is 11.3. The van der Waals surface area contributed by atoms with Gasteiger partial charge < -0.3 is 5.32 Å². The van der Waals surface area contributed by atoms with E-state index in [1.54, 1.807) is 37.3 Å². The van der Waals surface area contributed by atoms with Gasteiger partial charge in [0.05, 0.1) is 15.6 Å². The summed E-state index contributed by atoms with van der Waals surface area (Å²) < 4.78 is 28.1. The predicted molar refractivity (Wildman–Crippen MR) is 111 cm³/mol. The van der Waals surface area contributed by atoms with Crippen molar-refractivity contribution < 1.29 is 13.2 Å². The average Bonchev–Trinajstić information content (AvgIpc) is 2.65. The third kappa shape index (κ3) is 4.54. The number of amides is 1. The Labute approximate surface area is 172 Å². The molecule has 5 nitrogen and oxygen atoms in total. The van der Waals surface area contributed by atoms with Gasteiger partial charge in [0.25, 0.3) is 5.91 Å². The molecule has 1 amide bonds. The molecule has 144 valence electrons. The first kappa shape index (κ1) is 20.3. The average molecular weight is 472 g/mol. The van der Waals surface area contributed by atoms with Gasteiger partial charge in [-0.1, -0.05) is 40.0 Å². The third-order valence-electron chi connectivity index (χ3n) is 4.59. The maximum atomic E-state index is 12.9. The molecule has 1 aliphatic rings. The largest absolute Gasteiger partial charge is 0.321 e. The van der Waals surface area contributed by atoms with Gasteiger partial charge in [-0.3, -0.25) is 4.79 Å². The quantitative estimate of drug-likeness (QED) is 0.694. The molecule has 0 atom stereocenters. The van der Waals surface area contributed by atoms with Crippen LogP contribution in [0.25, 0.3) is 0 Å². The molecule has 1 heterocycles. The molecule has 1 aliphatic heterocycles. The van der Waals surface area contributed by atoms with Crippen molar-refractivity contribution in [3.8, 4) is 0 Å². The molecule has 8 heteroatoms. The number of halogens is 2. The number of sulfonamides is 1. The number of benzene rings is 2. The van der Waals surface area contributed by atoms with Crippen molar-refractivity contribution in [2.75, 3.05) is 18.4 Å². The fraction of sp³-hybridized carbons (Fsp3) is 0.316. The third-order valence-corrected chi connectivity index (χ3v) is 7.29. The highest BCUT2D eigenvalue weighted by Crippen LogP contribution is 2.27. The van der Waals surface area contributed by atoms with Crippen molar-refractivity contribution in [2.24, 2.45) is 0 Å². The van der Waals surface area contributed by atoms with E-state index in [1.165, 1.54) is 10.4 Å². The van der Waals surface area contributed by atoms with Crippen LogP contribution in [0.1, 0.15) is 35.2 Å². The molecule has 2 aromatic carbocycles. The Morgan fingerprint density at radius 2 is 1.81 bits per heavy atom. The molecule has 1 N–H and O–H groups in total. The Morgan fingerprint density at radius 3 is 2.48 bits per heavy atom. The molecular formula is C19H20BrClN2O3S. The second-order valence-electron chi connectivity index (χ2n) is 6.52. The van der Waals surface area contributed by atoms with Gasteiger partial charge in [-0.05, 0) is 55.7 Å². The van der Waals surface area contributed by atoms with E-state index in [9.17, 15) is 13.2 Å².